The van der Waals surface area contributed by atoms with Crippen molar-refractivity contribution >= 4 is 38.9 Å². The van der Waals surface area contributed by atoms with Gasteiger partial charge in [0.2, 0.25) is 0 Å². The Kier molecular flexibility index (Phi) is 6.82. The van der Waals surface area contributed by atoms with Gasteiger partial charge in [0, 0.05) is 11.3 Å². The number of esters is 1. The first-order valence-corrected chi connectivity index (χ1v) is 12.2. The smallest absolute Gasteiger partial charge is 0.309 e. The van der Waals surface area contributed by atoms with E-state index in [-0.39, 0.29) is 34.1 Å². The number of anilines is 1. The molecule has 1 aromatic heterocycles. The van der Waals surface area contributed by atoms with Crippen molar-refractivity contribution in [2.45, 2.75) is 50.0 Å². The number of carbonyl (C=O) groups is 2. The first-order valence-electron chi connectivity index (χ1n) is 9.83. The molecular formula is C21H26N2O5S2. The topological polar surface area (TPSA) is 102 Å². The molecule has 2 aromatic rings. The van der Waals surface area contributed by atoms with Gasteiger partial charge in [0.05, 0.1) is 12.0 Å². The van der Waals surface area contributed by atoms with Crippen molar-refractivity contribution in [3.8, 4) is 0 Å². The first kappa shape index (κ1) is 22.3. The molecule has 0 bridgehead atoms. The van der Waals surface area contributed by atoms with Crippen LogP contribution in [0.3, 0.4) is 0 Å². The van der Waals surface area contributed by atoms with Crippen molar-refractivity contribution in [3.63, 3.8) is 0 Å². The van der Waals surface area contributed by atoms with Crippen molar-refractivity contribution in [2.24, 2.45) is 11.8 Å². The molecule has 1 aromatic carbocycles. The fourth-order valence-corrected chi connectivity index (χ4v) is 5.46. The third-order valence-corrected chi connectivity index (χ3v) is 7.66. The summed E-state index contributed by atoms with van der Waals surface area (Å²) in [7, 11) is -3.70. The van der Waals surface area contributed by atoms with Gasteiger partial charge in [-0.25, -0.2) is 8.42 Å². The van der Waals surface area contributed by atoms with Crippen LogP contribution in [-0.2, 0) is 19.6 Å². The van der Waals surface area contributed by atoms with Crippen LogP contribution in [-0.4, -0.2) is 32.4 Å². The number of nitrogens with one attached hydrogen (secondary N) is 2. The fourth-order valence-electron chi connectivity index (χ4n) is 3.41. The van der Waals surface area contributed by atoms with Crippen LogP contribution in [0.1, 0.15) is 44.0 Å². The van der Waals surface area contributed by atoms with E-state index in [2.05, 4.69) is 10.0 Å². The molecule has 30 heavy (non-hydrogen) atoms. The fraction of sp³-hybridized carbons (Fsp3) is 0.429. The third kappa shape index (κ3) is 5.40. The second kappa shape index (κ2) is 9.18. The average Bonchev–Trinajstić information content (AvgIpc) is 3.32. The summed E-state index contributed by atoms with van der Waals surface area (Å²) in [5.74, 6) is -0.466. The van der Waals surface area contributed by atoms with Gasteiger partial charge in [-0.15, -0.1) is 11.3 Å². The number of cyclic esters (lactones) is 1. The standard InChI is InChI=1S/C21H26N2O5S2/c1-13(2)10-17(18-11-14(3)21(25)28-18)22-20(24)15-6-4-7-16(12-15)23-30(26,27)19-8-5-9-29-19/h4-9,12-14,17-18,23H,10-11H2,1-3H3,(H,22,24)/t14-,17+,18-/m1/s1. The van der Waals surface area contributed by atoms with Gasteiger partial charge in [-0.3, -0.25) is 14.3 Å². The number of rotatable bonds is 8. The van der Waals surface area contributed by atoms with Gasteiger partial charge in [0.15, 0.2) is 0 Å². The summed E-state index contributed by atoms with van der Waals surface area (Å²) in [5, 5.41) is 4.66. The summed E-state index contributed by atoms with van der Waals surface area (Å²) >= 11 is 1.12. The minimum Gasteiger partial charge on any atom is -0.460 e. The van der Waals surface area contributed by atoms with E-state index >= 15 is 0 Å². The number of carbonyl (C=O) groups excluding carboxylic acids is 2. The summed E-state index contributed by atoms with van der Waals surface area (Å²) in [6.07, 6.45) is 0.873. The number of benzene rings is 1. The molecule has 3 rings (SSSR count). The van der Waals surface area contributed by atoms with Crippen molar-refractivity contribution in [1.29, 1.82) is 0 Å². The van der Waals surface area contributed by atoms with Gasteiger partial charge in [0.25, 0.3) is 15.9 Å². The summed E-state index contributed by atoms with van der Waals surface area (Å²) in [5.41, 5.74) is 0.630. The number of hydrogen-bond acceptors (Lipinski definition) is 6. The van der Waals surface area contributed by atoms with E-state index in [4.69, 9.17) is 4.74 Å². The van der Waals surface area contributed by atoms with Gasteiger partial charge in [-0.1, -0.05) is 32.9 Å². The number of hydrogen-bond donors (Lipinski definition) is 2. The van der Waals surface area contributed by atoms with Crippen molar-refractivity contribution in [1.82, 2.24) is 5.32 Å². The van der Waals surface area contributed by atoms with Crippen molar-refractivity contribution in [3.05, 3.63) is 47.3 Å². The SMILES string of the molecule is CC(C)C[C@H](NC(=O)c1cccc(NS(=O)(=O)c2cccs2)c1)[C@H]1C[C@@H](C)C(=O)O1. The van der Waals surface area contributed by atoms with E-state index in [0.29, 0.717) is 30.0 Å². The molecule has 0 aliphatic carbocycles. The Morgan fingerprint density at radius 2 is 2.03 bits per heavy atom. The van der Waals surface area contributed by atoms with E-state index in [0.717, 1.165) is 11.3 Å². The Morgan fingerprint density at radius 1 is 1.27 bits per heavy atom. The number of thiophene rings is 1. The Morgan fingerprint density at radius 3 is 2.63 bits per heavy atom. The lowest BCUT2D eigenvalue weighted by molar-refractivity contribution is -0.144. The minimum absolute atomic E-state index is 0.184. The second-order valence-electron chi connectivity index (χ2n) is 7.94. The van der Waals surface area contributed by atoms with Crippen LogP contribution < -0.4 is 10.0 Å². The molecule has 0 unspecified atom stereocenters. The number of sulfonamides is 1. The predicted molar refractivity (Wildman–Crippen MR) is 116 cm³/mol. The van der Waals surface area contributed by atoms with E-state index < -0.39 is 10.0 Å². The number of amides is 1. The summed E-state index contributed by atoms with van der Waals surface area (Å²) < 4.78 is 33.0. The van der Waals surface area contributed by atoms with Gasteiger partial charge in [-0.05, 0) is 48.4 Å². The maximum absolute atomic E-state index is 12.9. The molecule has 0 spiro atoms. The predicted octanol–water partition coefficient (Wildman–Crippen LogP) is 3.65. The lowest BCUT2D eigenvalue weighted by Gasteiger charge is -2.25. The van der Waals surface area contributed by atoms with Crippen LogP contribution in [0.25, 0.3) is 0 Å². The Bertz CT molecular complexity index is 1000. The van der Waals surface area contributed by atoms with Crippen LogP contribution in [0.5, 0.6) is 0 Å². The monoisotopic (exact) mass is 450 g/mol. The van der Waals surface area contributed by atoms with Crippen LogP contribution in [0.4, 0.5) is 5.69 Å². The zero-order chi connectivity index (χ0) is 21.9. The summed E-state index contributed by atoms with van der Waals surface area (Å²) in [6, 6.07) is 9.20. The van der Waals surface area contributed by atoms with Crippen molar-refractivity contribution in [2.75, 3.05) is 4.72 Å². The lowest BCUT2D eigenvalue weighted by Crippen LogP contribution is -2.44. The normalized spacial score (nSPS) is 20.1. The van der Waals surface area contributed by atoms with E-state index in [1.165, 1.54) is 12.1 Å². The molecule has 3 atom stereocenters. The molecule has 2 heterocycles. The summed E-state index contributed by atoms with van der Waals surface area (Å²) in [6.45, 7) is 5.90. The molecule has 1 aliphatic heterocycles. The average molecular weight is 451 g/mol. The minimum atomic E-state index is -3.70. The van der Waals surface area contributed by atoms with Crippen molar-refractivity contribution < 1.29 is 22.7 Å². The molecule has 0 radical (unpaired) electrons. The van der Waals surface area contributed by atoms with Crippen LogP contribution in [0.15, 0.2) is 46.0 Å². The van der Waals surface area contributed by atoms with Gasteiger partial charge >= 0.3 is 5.97 Å². The second-order valence-corrected chi connectivity index (χ2v) is 10.8. The largest absolute Gasteiger partial charge is 0.460 e. The van der Waals surface area contributed by atoms with E-state index in [1.54, 1.807) is 29.6 Å². The molecule has 7 nitrogen and oxygen atoms in total. The molecule has 1 saturated heterocycles. The molecule has 162 valence electrons. The molecular weight excluding hydrogens is 424 g/mol. The highest BCUT2D eigenvalue weighted by atomic mass is 32.2. The maximum atomic E-state index is 12.9. The highest BCUT2D eigenvalue weighted by molar-refractivity contribution is 7.94. The quantitative estimate of drug-likeness (QED) is 0.598. The zero-order valence-corrected chi connectivity index (χ0v) is 18.8. The Hall–Kier alpha value is -2.39. The highest BCUT2D eigenvalue weighted by Crippen LogP contribution is 2.26. The molecule has 1 amide bonds. The molecule has 2 N–H and O–H groups in total. The lowest BCUT2D eigenvalue weighted by atomic mass is 9.94. The highest BCUT2D eigenvalue weighted by Gasteiger charge is 2.37. The van der Waals surface area contributed by atoms with Gasteiger partial charge < -0.3 is 10.1 Å². The van der Waals surface area contributed by atoms with Crippen LogP contribution in [0, 0.1) is 11.8 Å². The van der Waals surface area contributed by atoms with Crippen LogP contribution in [0.2, 0.25) is 0 Å². The van der Waals surface area contributed by atoms with Gasteiger partial charge in [0.1, 0.15) is 10.3 Å². The Labute approximate surface area is 180 Å². The molecule has 9 heteroatoms. The van der Waals surface area contributed by atoms with E-state index in [1.807, 2.05) is 20.8 Å². The van der Waals surface area contributed by atoms with Gasteiger partial charge in [-0.2, -0.15) is 0 Å². The number of ether oxygens (including phenoxy) is 1. The zero-order valence-electron chi connectivity index (χ0n) is 17.1. The maximum Gasteiger partial charge on any atom is 0.309 e. The Balaban J connectivity index is 1.74. The molecule has 1 aliphatic rings. The first-order chi connectivity index (χ1) is 14.2. The molecule has 0 saturated carbocycles. The molecule has 1 fully saturated rings. The third-order valence-electron chi connectivity index (χ3n) is 4.88. The van der Waals surface area contributed by atoms with E-state index in [9.17, 15) is 18.0 Å². The summed E-state index contributed by atoms with van der Waals surface area (Å²) in [4.78, 5) is 24.7. The van der Waals surface area contributed by atoms with Crippen LogP contribution >= 0.6 is 11.3 Å².